The second kappa shape index (κ2) is 6.90. The molecule has 0 amide bonds. The molecule has 0 spiro atoms. The molecule has 0 saturated heterocycles. The molecule has 0 radical (unpaired) electrons. The summed E-state index contributed by atoms with van der Waals surface area (Å²) in [6.07, 6.45) is 5.17. The van der Waals surface area contributed by atoms with E-state index in [9.17, 15) is 0 Å². The maximum absolute atomic E-state index is 5.87. The molecule has 1 rings (SSSR count). The van der Waals surface area contributed by atoms with Gasteiger partial charge < -0.3 is 10.1 Å². The molecule has 1 unspecified atom stereocenters. The number of nitrogens with one attached hydrogen (secondary N) is 1. The molecule has 0 fully saturated rings. The molecule has 1 aromatic rings. The number of hydrogen-bond donors (Lipinski definition) is 1. The SMILES string of the molecule is CCCn1cc(C(NCC)C(C)(C)OCC)cn1. The average Bonchev–Trinajstić information content (AvgIpc) is 2.74. The number of ether oxygens (including phenoxy) is 1. The molecule has 18 heavy (non-hydrogen) atoms. The van der Waals surface area contributed by atoms with Gasteiger partial charge in [0.05, 0.1) is 17.8 Å². The van der Waals surface area contributed by atoms with Gasteiger partial charge >= 0.3 is 0 Å². The Morgan fingerprint density at radius 2 is 2.11 bits per heavy atom. The van der Waals surface area contributed by atoms with Gasteiger partial charge in [0.15, 0.2) is 0 Å². The summed E-state index contributed by atoms with van der Waals surface area (Å²) in [6, 6.07) is 0.174. The van der Waals surface area contributed by atoms with Crippen LogP contribution >= 0.6 is 0 Å². The van der Waals surface area contributed by atoms with Gasteiger partial charge in [-0.05, 0) is 33.7 Å². The molecule has 1 heterocycles. The van der Waals surface area contributed by atoms with Gasteiger partial charge in [0.25, 0.3) is 0 Å². The minimum Gasteiger partial charge on any atom is -0.374 e. The van der Waals surface area contributed by atoms with Crippen molar-refractivity contribution in [3.05, 3.63) is 18.0 Å². The number of nitrogens with zero attached hydrogens (tertiary/aromatic N) is 2. The van der Waals surface area contributed by atoms with E-state index in [1.165, 1.54) is 5.56 Å². The van der Waals surface area contributed by atoms with E-state index in [1.807, 2.05) is 17.8 Å². The summed E-state index contributed by atoms with van der Waals surface area (Å²) in [5.41, 5.74) is 0.967. The van der Waals surface area contributed by atoms with Crippen LogP contribution in [0, 0.1) is 0 Å². The van der Waals surface area contributed by atoms with Gasteiger partial charge in [0, 0.05) is 24.9 Å². The van der Waals surface area contributed by atoms with Crippen LogP contribution in [0.4, 0.5) is 0 Å². The van der Waals surface area contributed by atoms with Gasteiger partial charge in [-0.1, -0.05) is 13.8 Å². The van der Waals surface area contributed by atoms with E-state index in [0.717, 1.165) is 26.1 Å². The monoisotopic (exact) mass is 253 g/mol. The molecule has 0 aliphatic heterocycles. The van der Waals surface area contributed by atoms with Crippen molar-refractivity contribution in [2.24, 2.45) is 0 Å². The number of hydrogen-bond acceptors (Lipinski definition) is 3. The highest BCUT2D eigenvalue weighted by molar-refractivity contribution is 5.15. The van der Waals surface area contributed by atoms with E-state index in [4.69, 9.17) is 4.74 Å². The van der Waals surface area contributed by atoms with Crippen molar-refractivity contribution in [2.45, 2.75) is 59.2 Å². The van der Waals surface area contributed by atoms with Crippen molar-refractivity contribution < 1.29 is 4.74 Å². The van der Waals surface area contributed by atoms with Crippen molar-refractivity contribution in [3.8, 4) is 0 Å². The molecule has 1 aromatic heterocycles. The molecule has 0 aromatic carbocycles. The second-order valence-corrected chi connectivity index (χ2v) is 5.06. The third-order valence-corrected chi connectivity index (χ3v) is 3.06. The van der Waals surface area contributed by atoms with Crippen molar-refractivity contribution in [2.75, 3.05) is 13.2 Å². The van der Waals surface area contributed by atoms with Crippen LogP contribution in [-0.2, 0) is 11.3 Å². The number of rotatable bonds is 8. The first-order valence-electron chi connectivity index (χ1n) is 6.94. The van der Waals surface area contributed by atoms with Gasteiger partial charge in [0.1, 0.15) is 0 Å². The molecule has 0 saturated carbocycles. The third-order valence-electron chi connectivity index (χ3n) is 3.06. The zero-order chi connectivity index (χ0) is 13.6. The minimum absolute atomic E-state index is 0.174. The lowest BCUT2D eigenvalue weighted by Crippen LogP contribution is -2.41. The van der Waals surface area contributed by atoms with Crippen molar-refractivity contribution in [1.82, 2.24) is 15.1 Å². The molecule has 1 N–H and O–H groups in total. The molecule has 0 aliphatic carbocycles. The molecule has 0 aliphatic rings. The van der Waals surface area contributed by atoms with E-state index in [1.54, 1.807) is 0 Å². The van der Waals surface area contributed by atoms with E-state index >= 15 is 0 Å². The van der Waals surface area contributed by atoms with Crippen LogP contribution in [0.3, 0.4) is 0 Å². The number of aromatic nitrogens is 2. The lowest BCUT2D eigenvalue weighted by atomic mass is 9.93. The Morgan fingerprint density at radius 1 is 1.39 bits per heavy atom. The fourth-order valence-corrected chi connectivity index (χ4v) is 2.30. The topological polar surface area (TPSA) is 39.1 Å². The first kappa shape index (κ1) is 15.2. The second-order valence-electron chi connectivity index (χ2n) is 5.06. The fourth-order valence-electron chi connectivity index (χ4n) is 2.30. The van der Waals surface area contributed by atoms with Gasteiger partial charge in [0.2, 0.25) is 0 Å². The summed E-state index contributed by atoms with van der Waals surface area (Å²) in [6.45, 7) is 13.2. The first-order valence-corrected chi connectivity index (χ1v) is 6.94. The zero-order valence-corrected chi connectivity index (χ0v) is 12.4. The van der Waals surface area contributed by atoms with Crippen LogP contribution in [0.2, 0.25) is 0 Å². The maximum Gasteiger partial charge on any atom is 0.0821 e. The van der Waals surface area contributed by atoms with Crippen molar-refractivity contribution in [1.29, 1.82) is 0 Å². The third kappa shape index (κ3) is 3.82. The summed E-state index contributed by atoms with van der Waals surface area (Å²) in [5.74, 6) is 0. The van der Waals surface area contributed by atoms with Crippen LogP contribution in [-0.4, -0.2) is 28.5 Å². The Hall–Kier alpha value is -0.870. The minimum atomic E-state index is -0.231. The predicted octanol–water partition coefficient (Wildman–Crippen LogP) is 2.76. The van der Waals surface area contributed by atoms with E-state index < -0.39 is 0 Å². The van der Waals surface area contributed by atoms with Crippen LogP contribution < -0.4 is 5.32 Å². The van der Waals surface area contributed by atoms with Gasteiger partial charge in [-0.15, -0.1) is 0 Å². The largest absolute Gasteiger partial charge is 0.374 e. The highest BCUT2D eigenvalue weighted by Gasteiger charge is 2.31. The smallest absolute Gasteiger partial charge is 0.0821 e. The van der Waals surface area contributed by atoms with Crippen LogP contribution in [0.1, 0.15) is 52.6 Å². The lowest BCUT2D eigenvalue weighted by Gasteiger charge is -2.34. The Labute approximate surface area is 111 Å². The standard InChI is InChI=1S/C14H27N3O/c1-6-9-17-11-12(10-16-17)13(15-7-2)14(4,5)18-8-3/h10-11,13,15H,6-9H2,1-5H3. The summed E-state index contributed by atoms with van der Waals surface area (Å²) in [7, 11) is 0. The first-order chi connectivity index (χ1) is 8.55. The molecule has 0 bridgehead atoms. The van der Waals surface area contributed by atoms with Crippen LogP contribution in [0.25, 0.3) is 0 Å². The molecular formula is C14H27N3O. The summed E-state index contributed by atoms with van der Waals surface area (Å²) < 4.78 is 7.87. The van der Waals surface area contributed by atoms with Crippen molar-refractivity contribution >= 4 is 0 Å². The Kier molecular flexibility index (Phi) is 5.82. The number of likely N-dealkylation sites (N-methyl/N-ethyl adjacent to an activating group) is 1. The van der Waals surface area contributed by atoms with Crippen molar-refractivity contribution in [3.63, 3.8) is 0 Å². The van der Waals surface area contributed by atoms with E-state index in [-0.39, 0.29) is 11.6 Å². The lowest BCUT2D eigenvalue weighted by molar-refractivity contribution is -0.0388. The normalized spacial score (nSPS) is 13.8. The Bertz CT molecular complexity index is 347. The predicted molar refractivity (Wildman–Crippen MR) is 74.6 cm³/mol. The Morgan fingerprint density at radius 3 is 2.67 bits per heavy atom. The van der Waals surface area contributed by atoms with Crippen LogP contribution in [0.5, 0.6) is 0 Å². The fraction of sp³-hybridized carbons (Fsp3) is 0.786. The highest BCUT2D eigenvalue weighted by atomic mass is 16.5. The summed E-state index contributed by atoms with van der Waals surface area (Å²) >= 11 is 0. The average molecular weight is 253 g/mol. The molecule has 104 valence electrons. The summed E-state index contributed by atoms with van der Waals surface area (Å²) in [5, 5.41) is 7.90. The van der Waals surface area contributed by atoms with Crippen LogP contribution in [0.15, 0.2) is 12.4 Å². The molecule has 4 nitrogen and oxygen atoms in total. The van der Waals surface area contributed by atoms with E-state index in [0.29, 0.717) is 0 Å². The zero-order valence-electron chi connectivity index (χ0n) is 12.4. The molecule has 4 heteroatoms. The number of aryl methyl sites for hydroxylation is 1. The van der Waals surface area contributed by atoms with Gasteiger partial charge in [-0.2, -0.15) is 5.10 Å². The van der Waals surface area contributed by atoms with Gasteiger partial charge in [-0.25, -0.2) is 0 Å². The highest BCUT2D eigenvalue weighted by Crippen LogP contribution is 2.28. The van der Waals surface area contributed by atoms with Gasteiger partial charge in [-0.3, -0.25) is 4.68 Å². The maximum atomic E-state index is 5.87. The quantitative estimate of drug-likeness (QED) is 0.774. The van der Waals surface area contributed by atoms with E-state index in [2.05, 4.69) is 44.3 Å². The summed E-state index contributed by atoms with van der Waals surface area (Å²) in [4.78, 5) is 0. The molecule has 1 atom stereocenters. The molecular weight excluding hydrogens is 226 g/mol. The Balaban J connectivity index is 2.88.